The van der Waals surface area contributed by atoms with Crippen LogP contribution in [0.3, 0.4) is 0 Å². The second-order valence-electron chi connectivity index (χ2n) is 5.16. The predicted octanol–water partition coefficient (Wildman–Crippen LogP) is 4.86. The summed E-state index contributed by atoms with van der Waals surface area (Å²) in [6.07, 6.45) is 11.1. The summed E-state index contributed by atoms with van der Waals surface area (Å²) in [6, 6.07) is 1.99. The van der Waals surface area contributed by atoms with E-state index in [1.807, 2.05) is 51.3 Å². The minimum atomic E-state index is 0.342. The summed E-state index contributed by atoms with van der Waals surface area (Å²) in [5.74, 6) is 1.05. The van der Waals surface area contributed by atoms with Gasteiger partial charge in [-0.2, -0.15) is 10.4 Å². The van der Waals surface area contributed by atoms with Crippen molar-refractivity contribution in [3.8, 4) is 6.07 Å². The number of halogens is 1. The lowest BCUT2D eigenvalue weighted by molar-refractivity contribution is 0.585. The molecule has 0 spiro atoms. The molecule has 1 aliphatic carbocycles. The van der Waals surface area contributed by atoms with Crippen LogP contribution in [0.5, 0.6) is 0 Å². The molecule has 1 N–H and O–H groups in total. The van der Waals surface area contributed by atoms with Crippen molar-refractivity contribution >= 4 is 28.9 Å². The number of hydrogen-bond acceptors (Lipinski definition) is 4. The van der Waals surface area contributed by atoms with Gasteiger partial charge in [0.25, 0.3) is 0 Å². The zero-order chi connectivity index (χ0) is 18.7. The fourth-order valence-electron chi connectivity index (χ4n) is 2.19. The quantitative estimate of drug-likeness (QED) is 0.330. The fourth-order valence-corrected chi connectivity index (χ4v) is 2.28. The molecule has 0 saturated heterocycles. The van der Waals surface area contributed by atoms with Crippen LogP contribution in [0, 0.1) is 17.2 Å². The second kappa shape index (κ2) is 11.2. The van der Waals surface area contributed by atoms with Crippen LogP contribution in [0.1, 0.15) is 40.5 Å². The Morgan fingerprint density at radius 2 is 2.12 bits per heavy atom. The second-order valence-corrected chi connectivity index (χ2v) is 5.41. The molecule has 0 aromatic rings. The largest absolute Gasteiger partial charge is 0.265 e. The number of amidine groups is 1. The van der Waals surface area contributed by atoms with Gasteiger partial charge in [-0.1, -0.05) is 43.7 Å². The van der Waals surface area contributed by atoms with Crippen LogP contribution in [0.25, 0.3) is 0 Å². The molecule has 2 bridgehead atoms. The Bertz CT molecular complexity index is 707. The molecule has 0 amide bonds. The normalized spacial score (nSPS) is 18.2. The molecule has 0 aromatic carbocycles. The van der Waals surface area contributed by atoms with Gasteiger partial charge >= 0.3 is 0 Å². The van der Waals surface area contributed by atoms with Gasteiger partial charge in [0.05, 0.1) is 5.70 Å². The van der Waals surface area contributed by atoms with E-state index < -0.39 is 0 Å². The van der Waals surface area contributed by atoms with Crippen LogP contribution in [0.15, 0.2) is 62.4 Å². The average molecular weight is 358 g/mol. The van der Waals surface area contributed by atoms with Crippen molar-refractivity contribution in [2.45, 2.75) is 40.5 Å². The molecule has 3 aliphatic rings. The van der Waals surface area contributed by atoms with Crippen LogP contribution in [0.4, 0.5) is 0 Å². The smallest absolute Gasteiger partial charge is 0.151 e. The zero-order valence-corrected chi connectivity index (χ0v) is 15.9. The van der Waals surface area contributed by atoms with E-state index in [0.29, 0.717) is 17.5 Å². The highest BCUT2D eigenvalue weighted by atomic mass is 35.5. The number of nitriles is 1. The number of aliphatic imine (C=N–C) groups is 2. The summed E-state index contributed by atoms with van der Waals surface area (Å²) in [6.45, 7) is 7.55. The molecule has 25 heavy (non-hydrogen) atoms. The zero-order valence-electron chi connectivity index (χ0n) is 15.1. The van der Waals surface area contributed by atoms with Gasteiger partial charge in [-0.05, 0) is 38.7 Å². The number of fused-ring (bicyclic) bond motifs is 1. The summed E-state index contributed by atoms with van der Waals surface area (Å²) < 4.78 is 0. The summed E-state index contributed by atoms with van der Waals surface area (Å²) in [7, 11) is 0. The number of nitrogens with zero attached hydrogens (tertiary/aromatic N) is 4. The average Bonchev–Trinajstić information content (AvgIpc) is 2.64. The first kappa shape index (κ1) is 20.6. The van der Waals surface area contributed by atoms with Gasteiger partial charge in [-0.15, -0.1) is 0 Å². The Hall–Kier alpha value is -2.45. The first-order chi connectivity index (χ1) is 12.2. The third kappa shape index (κ3) is 6.17. The molecule has 6 heteroatoms. The van der Waals surface area contributed by atoms with E-state index in [4.69, 9.17) is 16.9 Å². The first-order valence-corrected chi connectivity index (χ1v) is 8.76. The highest BCUT2D eigenvalue weighted by Gasteiger charge is 2.33. The maximum atomic E-state index is 8.85. The van der Waals surface area contributed by atoms with E-state index in [1.54, 1.807) is 13.0 Å². The highest BCUT2D eigenvalue weighted by molar-refractivity contribution is 6.25. The Balaban J connectivity index is 0.00000151. The van der Waals surface area contributed by atoms with Crippen molar-refractivity contribution in [1.29, 1.82) is 5.26 Å². The molecular formula is C19H24ClN5. The number of hydrazone groups is 1. The maximum absolute atomic E-state index is 8.85. The molecule has 0 radical (unpaired) electrons. The molecule has 0 atom stereocenters. The predicted molar refractivity (Wildman–Crippen MR) is 107 cm³/mol. The van der Waals surface area contributed by atoms with Crippen LogP contribution in [-0.4, -0.2) is 17.3 Å². The van der Waals surface area contributed by atoms with E-state index in [9.17, 15) is 0 Å². The molecule has 1 fully saturated rings. The van der Waals surface area contributed by atoms with Gasteiger partial charge in [0.1, 0.15) is 11.8 Å². The Morgan fingerprint density at radius 1 is 1.40 bits per heavy atom. The van der Waals surface area contributed by atoms with E-state index >= 15 is 0 Å². The lowest BCUT2D eigenvalue weighted by Gasteiger charge is -2.33. The van der Waals surface area contributed by atoms with E-state index in [0.717, 1.165) is 24.1 Å². The van der Waals surface area contributed by atoms with E-state index in [-0.39, 0.29) is 0 Å². The van der Waals surface area contributed by atoms with Crippen LogP contribution in [0.2, 0.25) is 0 Å². The summed E-state index contributed by atoms with van der Waals surface area (Å²) in [4.78, 5) is 9.03. The topological polar surface area (TPSA) is 72.9 Å². The van der Waals surface area contributed by atoms with E-state index in [2.05, 4.69) is 20.5 Å². The minimum absolute atomic E-state index is 0.342. The maximum Gasteiger partial charge on any atom is 0.151 e. The lowest BCUT2D eigenvalue weighted by atomic mass is 9.76. The summed E-state index contributed by atoms with van der Waals surface area (Å²) in [5, 5.41) is 12.9. The van der Waals surface area contributed by atoms with Crippen LogP contribution >= 0.6 is 11.6 Å². The molecule has 2 heterocycles. The van der Waals surface area contributed by atoms with Crippen molar-refractivity contribution in [3.63, 3.8) is 0 Å². The third-order valence-electron chi connectivity index (χ3n) is 3.54. The highest BCUT2D eigenvalue weighted by Crippen LogP contribution is 2.36. The van der Waals surface area contributed by atoms with E-state index in [1.165, 1.54) is 11.2 Å². The number of hydrogen-bond donors (Lipinski definition) is 1. The lowest BCUT2D eigenvalue weighted by Crippen LogP contribution is -2.35. The summed E-state index contributed by atoms with van der Waals surface area (Å²) in [5.41, 5.74) is 7.70. The SMILES string of the molecule is CC.C\C=C(/C=C\C=C\Cl)N=C(N/N=C(\C)C#N)C1=CN=C2CC1C2. The molecular weight excluding hydrogens is 334 g/mol. The van der Waals surface area contributed by atoms with Crippen molar-refractivity contribution in [2.75, 3.05) is 0 Å². The van der Waals surface area contributed by atoms with Gasteiger partial charge in [0.15, 0.2) is 5.84 Å². The molecule has 0 aromatic heterocycles. The Kier molecular flexibility index (Phi) is 9.20. The van der Waals surface area contributed by atoms with Crippen molar-refractivity contribution in [2.24, 2.45) is 21.0 Å². The molecule has 132 valence electrons. The Morgan fingerprint density at radius 3 is 2.64 bits per heavy atom. The Labute approximate surface area is 154 Å². The van der Waals surface area contributed by atoms with Crippen molar-refractivity contribution in [3.05, 3.63) is 47.3 Å². The van der Waals surface area contributed by atoms with Gasteiger partial charge in [-0.3, -0.25) is 10.4 Å². The minimum Gasteiger partial charge on any atom is -0.265 e. The molecule has 1 saturated carbocycles. The van der Waals surface area contributed by atoms with Gasteiger partial charge < -0.3 is 0 Å². The van der Waals surface area contributed by atoms with Gasteiger partial charge in [0, 0.05) is 23.0 Å². The van der Waals surface area contributed by atoms with Crippen molar-refractivity contribution in [1.82, 2.24) is 5.43 Å². The third-order valence-corrected chi connectivity index (χ3v) is 3.69. The molecule has 2 aliphatic heterocycles. The standard InChI is InChI=1S/C17H18ClN5.C2H6/c1-3-14(6-4-5-7-18)21-17(23-22-12(2)10-19)16-11-20-15-8-13(16)9-15;1-2/h3-7,11,13H,8-9H2,1-2H3,(H,21,23);1-2H3/b6-4-,7-5+,14-3+,22-12+;. The van der Waals surface area contributed by atoms with Crippen molar-refractivity contribution < 1.29 is 0 Å². The van der Waals surface area contributed by atoms with Gasteiger partial charge in [0.2, 0.25) is 0 Å². The number of rotatable bonds is 5. The number of nitrogens with one attached hydrogen (secondary N) is 1. The summed E-state index contributed by atoms with van der Waals surface area (Å²) >= 11 is 5.51. The first-order valence-electron chi connectivity index (χ1n) is 8.32. The molecule has 0 unspecified atom stereocenters. The fraction of sp³-hybridized carbons (Fsp3) is 0.368. The molecule has 5 nitrogen and oxygen atoms in total. The van der Waals surface area contributed by atoms with Crippen LogP contribution < -0.4 is 5.43 Å². The van der Waals surface area contributed by atoms with Gasteiger partial charge in [-0.25, -0.2) is 4.99 Å². The number of allylic oxidation sites excluding steroid dienone is 4. The van der Waals surface area contributed by atoms with Crippen LogP contribution in [-0.2, 0) is 0 Å². The molecule has 3 rings (SSSR count). The monoisotopic (exact) mass is 357 g/mol.